The summed E-state index contributed by atoms with van der Waals surface area (Å²) in [4.78, 5) is 11.8. The fourth-order valence-electron chi connectivity index (χ4n) is 3.79. The number of hydrogen-bond acceptors (Lipinski definition) is 5. The van der Waals surface area contributed by atoms with Crippen molar-refractivity contribution >= 4 is 6.29 Å². The van der Waals surface area contributed by atoms with E-state index in [2.05, 4.69) is 0 Å². The Morgan fingerprint density at radius 2 is 1.12 bits per heavy atom. The molecule has 5 heteroatoms. The summed E-state index contributed by atoms with van der Waals surface area (Å²) in [5.41, 5.74) is 3.16. The van der Waals surface area contributed by atoms with Crippen molar-refractivity contribution in [3.8, 4) is 0 Å². The first-order valence-electron chi connectivity index (χ1n) is 10.9. The summed E-state index contributed by atoms with van der Waals surface area (Å²) >= 11 is 0. The summed E-state index contributed by atoms with van der Waals surface area (Å²) in [6, 6.07) is 29.8. The molecule has 1 heterocycles. The normalized spacial score (nSPS) is 22.6. The van der Waals surface area contributed by atoms with E-state index >= 15 is 0 Å². The van der Waals surface area contributed by atoms with E-state index in [1.165, 1.54) is 0 Å². The van der Waals surface area contributed by atoms with Gasteiger partial charge < -0.3 is 23.7 Å². The van der Waals surface area contributed by atoms with Gasteiger partial charge in [-0.05, 0) is 16.7 Å². The first-order valence-corrected chi connectivity index (χ1v) is 10.9. The van der Waals surface area contributed by atoms with E-state index in [0.717, 1.165) is 23.0 Å². The predicted octanol–water partition coefficient (Wildman–Crippen LogP) is 4.34. The molecule has 1 aliphatic heterocycles. The molecule has 0 radical (unpaired) electrons. The Hall–Kier alpha value is -2.83. The molecule has 166 valence electrons. The van der Waals surface area contributed by atoms with Gasteiger partial charge in [-0.2, -0.15) is 0 Å². The van der Waals surface area contributed by atoms with Crippen LogP contribution in [0.5, 0.6) is 0 Å². The van der Waals surface area contributed by atoms with Crippen LogP contribution < -0.4 is 0 Å². The molecule has 0 saturated carbocycles. The molecule has 0 unspecified atom stereocenters. The summed E-state index contributed by atoms with van der Waals surface area (Å²) in [6.07, 6.45) is -1.25. The van der Waals surface area contributed by atoms with Crippen LogP contribution in [0.25, 0.3) is 0 Å². The van der Waals surface area contributed by atoms with E-state index < -0.39 is 24.4 Å². The zero-order valence-corrected chi connectivity index (χ0v) is 17.9. The maximum atomic E-state index is 11.8. The Kier molecular flexibility index (Phi) is 8.17. The van der Waals surface area contributed by atoms with E-state index in [1.807, 2.05) is 91.0 Å². The third-order valence-corrected chi connectivity index (χ3v) is 5.44. The fourth-order valence-corrected chi connectivity index (χ4v) is 3.79. The van der Waals surface area contributed by atoms with E-state index in [-0.39, 0.29) is 0 Å². The highest BCUT2D eigenvalue weighted by Gasteiger charge is 2.46. The lowest BCUT2D eigenvalue weighted by atomic mass is 10.1. The molecule has 0 N–H and O–H groups in total. The lowest BCUT2D eigenvalue weighted by Crippen LogP contribution is -2.39. The number of rotatable bonds is 11. The van der Waals surface area contributed by atoms with Crippen LogP contribution in [-0.4, -0.2) is 37.3 Å². The molecule has 4 atom stereocenters. The monoisotopic (exact) mass is 432 g/mol. The van der Waals surface area contributed by atoms with Crippen LogP contribution >= 0.6 is 0 Å². The van der Waals surface area contributed by atoms with Crippen molar-refractivity contribution in [3.63, 3.8) is 0 Å². The van der Waals surface area contributed by atoms with Gasteiger partial charge in [0.15, 0.2) is 6.29 Å². The number of hydrogen-bond donors (Lipinski definition) is 0. The van der Waals surface area contributed by atoms with Crippen molar-refractivity contribution in [1.29, 1.82) is 0 Å². The van der Waals surface area contributed by atoms with E-state index in [9.17, 15) is 4.79 Å². The van der Waals surface area contributed by atoms with E-state index in [1.54, 1.807) is 0 Å². The Morgan fingerprint density at radius 3 is 1.62 bits per heavy atom. The fraction of sp³-hybridized carbons (Fsp3) is 0.296. The maximum Gasteiger partial charge on any atom is 0.151 e. The van der Waals surface area contributed by atoms with Crippen molar-refractivity contribution in [3.05, 3.63) is 108 Å². The zero-order chi connectivity index (χ0) is 22.0. The van der Waals surface area contributed by atoms with Gasteiger partial charge in [0.05, 0.1) is 26.4 Å². The number of carbonyl (C=O) groups is 1. The summed E-state index contributed by atoms with van der Waals surface area (Å²) in [6.45, 7) is 1.56. The van der Waals surface area contributed by atoms with Crippen molar-refractivity contribution in [1.82, 2.24) is 0 Å². The second kappa shape index (κ2) is 11.7. The molecule has 1 fully saturated rings. The van der Waals surface area contributed by atoms with Crippen LogP contribution in [0.3, 0.4) is 0 Å². The van der Waals surface area contributed by atoms with Crippen LogP contribution in [0, 0.1) is 0 Å². The minimum atomic E-state index is -0.704. The summed E-state index contributed by atoms with van der Waals surface area (Å²) < 4.78 is 24.3. The molecule has 0 aliphatic carbocycles. The van der Waals surface area contributed by atoms with Gasteiger partial charge in [0, 0.05) is 0 Å². The SMILES string of the molecule is O=C[C@@H]1O[C@H](COCc2ccccc2)[C@@H](OCc2ccccc2)[C@H]1OCc1ccccc1. The number of aldehydes is 1. The smallest absolute Gasteiger partial charge is 0.151 e. The minimum Gasteiger partial charge on any atom is -0.374 e. The van der Waals surface area contributed by atoms with Crippen LogP contribution in [0.4, 0.5) is 0 Å². The topological polar surface area (TPSA) is 54.0 Å². The van der Waals surface area contributed by atoms with Crippen LogP contribution in [0.15, 0.2) is 91.0 Å². The molecule has 0 amide bonds. The van der Waals surface area contributed by atoms with Crippen LogP contribution in [0.2, 0.25) is 0 Å². The van der Waals surface area contributed by atoms with Gasteiger partial charge in [-0.25, -0.2) is 0 Å². The molecule has 0 aromatic heterocycles. The molecule has 0 bridgehead atoms. The van der Waals surface area contributed by atoms with Crippen LogP contribution in [-0.2, 0) is 43.6 Å². The van der Waals surface area contributed by atoms with Crippen LogP contribution in [0.1, 0.15) is 16.7 Å². The van der Waals surface area contributed by atoms with Gasteiger partial charge in [-0.3, -0.25) is 0 Å². The molecule has 1 saturated heterocycles. The lowest BCUT2D eigenvalue weighted by molar-refractivity contribution is -0.124. The number of benzene rings is 3. The summed E-state index contributed by atoms with van der Waals surface area (Å²) in [5.74, 6) is 0. The Balaban J connectivity index is 1.43. The molecular weight excluding hydrogens is 404 g/mol. The quantitative estimate of drug-likeness (QED) is 0.422. The molecule has 1 aliphatic rings. The minimum absolute atomic E-state index is 0.309. The maximum absolute atomic E-state index is 11.8. The van der Waals surface area contributed by atoms with Crippen molar-refractivity contribution in [2.45, 2.75) is 44.2 Å². The Bertz CT molecular complexity index is 932. The standard InChI is InChI=1S/C27H28O5/c28-16-24-26(30-18-22-12-6-2-7-13-22)27(31-19-23-14-8-3-9-15-23)25(32-24)20-29-17-21-10-4-1-5-11-21/h1-16,24-27H,17-20H2/t24-,25+,26-,27+/m0/s1. The molecule has 3 aromatic rings. The summed E-state index contributed by atoms with van der Waals surface area (Å²) in [7, 11) is 0. The van der Waals surface area contributed by atoms with Crippen molar-refractivity contribution in [2.75, 3.05) is 6.61 Å². The zero-order valence-electron chi connectivity index (χ0n) is 17.9. The molecule has 3 aromatic carbocycles. The highest BCUT2D eigenvalue weighted by molar-refractivity contribution is 5.58. The third-order valence-electron chi connectivity index (χ3n) is 5.44. The third kappa shape index (κ3) is 6.11. The van der Waals surface area contributed by atoms with Gasteiger partial charge in [0.2, 0.25) is 0 Å². The van der Waals surface area contributed by atoms with Gasteiger partial charge >= 0.3 is 0 Å². The van der Waals surface area contributed by atoms with Gasteiger partial charge in [0.25, 0.3) is 0 Å². The lowest BCUT2D eigenvalue weighted by Gasteiger charge is -2.24. The Labute approximate surface area is 188 Å². The highest BCUT2D eigenvalue weighted by Crippen LogP contribution is 2.28. The molecule has 5 nitrogen and oxygen atoms in total. The first kappa shape index (κ1) is 22.4. The summed E-state index contributed by atoms with van der Waals surface area (Å²) in [5, 5.41) is 0. The molecule has 32 heavy (non-hydrogen) atoms. The predicted molar refractivity (Wildman–Crippen MR) is 121 cm³/mol. The second-order valence-electron chi connectivity index (χ2n) is 7.80. The Morgan fingerprint density at radius 1 is 0.656 bits per heavy atom. The molecular formula is C27H28O5. The van der Waals surface area contributed by atoms with Gasteiger partial charge in [0.1, 0.15) is 24.4 Å². The van der Waals surface area contributed by atoms with E-state index in [0.29, 0.717) is 26.4 Å². The second-order valence-corrected chi connectivity index (χ2v) is 7.80. The highest BCUT2D eigenvalue weighted by atomic mass is 16.6. The number of ether oxygens (including phenoxy) is 4. The largest absolute Gasteiger partial charge is 0.374 e. The number of carbonyl (C=O) groups excluding carboxylic acids is 1. The van der Waals surface area contributed by atoms with Gasteiger partial charge in [-0.15, -0.1) is 0 Å². The van der Waals surface area contributed by atoms with Crippen molar-refractivity contribution in [2.24, 2.45) is 0 Å². The van der Waals surface area contributed by atoms with Crippen molar-refractivity contribution < 1.29 is 23.7 Å². The average molecular weight is 433 g/mol. The van der Waals surface area contributed by atoms with E-state index in [4.69, 9.17) is 18.9 Å². The molecule has 0 spiro atoms. The average Bonchev–Trinajstić information content (AvgIpc) is 3.19. The molecule has 4 rings (SSSR count). The first-order chi connectivity index (χ1) is 15.8. The van der Waals surface area contributed by atoms with Gasteiger partial charge in [-0.1, -0.05) is 91.0 Å².